The molecule has 11 nitrogen and oxygen atoms in total. The molecule has 5 aromatic rings. The highest BCUT2D eigenvalue weighted by Gasteiger charge is 2.10. The molecule has 39 heavy (non-hydrogen) atoms. The third-order valence-corrected chi connectivity index (χ3v) is 6.32. The van der Waals surface area contributed by atoms with E-state index in [-0.39, 0.29) is 12.4 Å². The maximum Gasteiger partial charge on any atom is 0.336 e. The van der Waals surface area contributed by atoms with Crippen LogP contribution in [0, 0.1) is 6.92 Å². The Labute approximate surface area is 222 Å². The van der Waals surface area contributed by atoms with Crippen LogP contribution in [0.25, 0.3) is 16.7 Å². The lowest BCUT2D eigenvalue weighted by molar-refractivity contribution is 0.301. The molecule has 0 amide bonds. The van der Waals surface area contributed by atoms with Crippen LogP contribution in [0.1, 0.15) is 17.0 Å². The Hall–Kier alpha value is -4.90. The summed E-state index contributed by atoms with van der Waals surface area (Å²) in [6.45, 7) is 3.41. The molecule has 2 aromatic carbocycles. The standard InChI is InChI=1S/C28H27N5O6/c1-18-28(36)25(34)9-11-32(18)12-10-29-15-19-13-27(35)39-26-14-23(7-8-24(19)26)38-17-20-16-33(31-30-20)21-3-5-22(37-2)6-4-21/h3-9,11,13-14,16,29,36H,10,12,15,17H2,1-2H3. The monoisotopic (exact) mass is 529 g/mol. The molecule has 0 radical (unpaired) electrons. The minimum atomic E-state index is -0.458. The van der Waals surface area contributed by atoms with Gasteiger partial charge in [0.2, 0.25) is 5.43 Å². The third kappa shape index (κ3) is 5.83. The average Bonchev–Trinajstić information content (AvgIpc) is 3.43. The largest absolute Gasteiger partial charge is 0.503 e. The number of rotatable bonds is 10. The van der Waals surface area contributed by atoms with Crippen molar-refractivity contribution in [3.8, 4) is 22.9 Å². The molecule has 0 spiro atoms. The number of ether oxygens (including phenoxy) is 2. The quantitative estimate of drug-likeness (QED) is 0.207. The zero-order valence-corrected chi connectivity index (χ0v) is 21.5. The Kier molecular flexibility index (Phi) is 7.41. The highest BCUT2D eigenvalue weighted by Crippen LogP contribution is 2.23. The lowest BCUT2D eigenvalue weighted by Gasteiger charge is -2.13. The molecule has 200 valence electrons. The summed E-state index contributed by atoms with van der Waals surface area (Å²) in [6, 6.07) is 15.6. The van der Waals surface area contributed by atoms with Crippen LogP contribution in [0.2, 0.25) is 0 Å². The molecule has 0 atom stereocenters. The topological polar surface area (TPSA) is 134 Å². The van der Waals surface area contributed by atoms with Crippen molar-refractivity contribution in [3.63, 3.8) is 0 Å². The molecule has 3 aromatic heterocycles. The van der Waals surface area contributed by atoms with Gasteiger partial charge in [-0.05, 0) is 48.9 Å². The van der Waals surface area contributed by atoms with Crippen LogP contribution in [0.3, 0.4) is 0 Å². The lowest BCUT2D eigenvalue weighted by atomic mass is 10.1. The molecule has 0 bridgehead atoms. The minimum Gasteiger partial charge on any atom is -0.503 e. The first-order valence-electron chi connectivity index (χ1n) is 12.3. The number of aromatic nitrogens is 4. The Morgan fingerprint density at radius 2 is 1.85 bits per heavy atom. The first kappa shape index (κ1) is 25.7. The molecular formula is C28H27N5O6. The van der Waals surface area contributed by atoms with E-state index in [2.05, 4.69) is 15.6 Å². The van der Waals surface area contributed by atoms with Gasteiger partial charge in [0.05, 0.1) is 24.7 Å². The summed E-state index contributed by atoms with van der Waals surface area (Å²) in [7, 11) is 1.61. The normalized spacial score (nSPS) is 11.1. The Bertz CT molecular complexity index is 1720. The summed E-state index contributed by atoms with van der Waals surface area (Å²) >= 11 is 0. The van der Waals surface area contributed by atoms with Gasteiger partial charge in [-0.15, -0.1) is 5.10 Å². The predicted octanol–water partition coefficient (Wildman–Crippen LogP) is 2.93. The van der Waals surface area contributed by atoms with E-state index in [0.29, 0.717) is 42.4 Å². The van der Waals surface area contributed by atoms with Crippen molar-refractivity contribution in [3.05, 3.63) is 105 Å². The van der Waals surface area contributed by atoms with Crippen molar-refractivity contribution >= 4 is 11.0 Å². The predicted molar refractivity (Wildman–Crippen MR) is 144 cm³/mol. The van der Waals surface area contributed by atoms with Crippen molar-refractivity contribution in [1.82, 2.24) is 24.9 Å². The third-order valence-electron chi connectivity index (χ3n) is 6.32. The van der Waals surface area contributed by atoms with Crippen LogP contribution in [0.4, 0.5) is 0 Å². The highest BCUT2D eigenvalue weighted by atomic mass is 16.5. The van der Waals surface area contributed by atoms with Gasteiger partial charge in [-0.2, -0.15) is 0 Å². The van der Waals surface area contributed by atoms with E-state index >= 15 is 0 Å². The van der Waals surface area contributed by atoms with Crippen LogP contribution in [0.5, 0.6) is 17.2 Å². The van der Waals surface area contributed by atoms with Gasteiger partial charge in [-0.25, -0.2) is 9.48 Å². The van der Waals surface area contributed by atoms with Crippen LogP contribution >= 0.6 is 0 Å². The van der Waals surface area contributed by atoms with Gasteiger partial charge >= 0.3 is 5.63 Å². The number of methoxy groups -OCH3 is 1. The van der Waals surface area contributed by atoms with Gasteiger partial charge in [-0.1, -0.05) is 5.21 Å². The van der Waals surface area contributed by atoms with Gasteiger partial charge in [0.25, 0.3) is 0 Å². The molecule has 0 aliphatic heterocycles. The lowest BCUT2D eigenvalue weighted by Crippen LogP contribution is -2.22. The fourth-order valence-corrected chi connectivity index (χ4v) is 4.16. The second-order valence-electron chi connectivity index (χ2n) is 8.87. The molecule has 0 aliphatic carbocycles. The highest BCUT2D eigenvalue weighted by molar-refractivity contribution is 5.81. The van der Waals surface area contributed by atoms with Gasteiger partial charge in [0, 0.05) is 49.4 Å². The molecule has 3 heterocycles. The van der Waals surface area contributed by atoms with Crippen molar-refractivity contribution in [1.29, 1.82) is 0 Å². The van der Waals surface area contributed by atoms with E-state index in [4.69, 9.17) is 13.9 Å². The van der Waals surface area contributed by atoms with Crippen LogP contribution in [0.15, 0.2) is 81.0 Å². The van der Waals surface area contributed by atoms with Gasteiger partial charge in [-0.3, -0.25) is 4.79 Å². The average molecular weight is 530 g/mol. The van der Waals surface area contributed by atoms with Crippen LogP contribution in [-0.2, 0) is 19.7 Å². The first-order valence-corrected chi connectivity index (χ1v) is 12.3. The van der Waals surface area contributed by atoms with Gasteiger partial charge in [0.1, 0.15) is 29.4 Å². The smallest absolute Gasteiger partial charge is 0.336 e. The molecule has 2 N–H and O–H groups in total. The van der Waals surface area contributed by atoms with E-state index < -0.39 is 11.1 Å². The summed E-state index contributed by atoms with van der Waals surface area (Å²) in [5.74, 6) is 1.04. The SMILES string of the molecule is COc1ccc(-n2cc(COc3ccc4c(CNCCn5ccc(=O)c(O)c5C)cc(=O)oc4c3)nn2)cc1. The summed E-state index contributed by atoms with van der Waals surface area (Å²) in [4.78, 5) is 23.8. The fraction of sp³-hybridized carbons (Fsp3) is 0.214. The van der Waals surface area contributed by atoms with Crippen molar-refractivity contribution < 1.29 is 19.0 Å². The summed E-state index contributed by atoms with van der Waals surface area (Å²) < 4.78 is 19.9. The maximum atomic E-state index is 12.2. The number of nitrogens with one attached hydrogen (secondary N) is 1. The zero-order chi connectivity index (χ0) is 27.4. The Morgan fingerprint density at radius 3 is 2.64 bits per heavy atom. The van der Waals surface area contributed by atoms with E-state index in [1.165, 1.54) is 12.1 Å². The summed E-state index contributed by atoms with van der Waals surface area (Å²) in [5, 5.41) is 22.2. The maximum absolute atomic E-state index is 12.2. The summed E-state index contributed by atoms with van der Waals surface area (Å²) in [5.41, 5.74) is 2.33. The molecule has 0 saturated carbocycles. The number of fused-ring (bicyclic) bond motifs is 1. The molecule has 0 unspecified atom stereocenters. The van der Waals surface area contributed by atoms with E-state index in [0.717, 1.165) is 22.4 Å². The van der Waals surface area contributed by atoms with Crippen LogP contribution < -0.4 is 25.8 Å². The Balaban J connectivity index is 1.22. The number of benzene rings is 2. The molecule has 0 aliphatic rings. The van der Waals surface area contributed by atoms with Crippen molar-refractivity contribution in [2.75, 3.05) is 13.7 Å². The van der Waals surface area contributed by atoms with Crippen molar-refractivity contribution in [2.45, 2.75) is 26.6 Å². The van der Waals surface area contributed by atoms with E-state index in [1.807, 2.05) is 36.4 Å². The number of hydrogen-bond acceptors (Lipinski definition) is 9. The first-order chi connectivity index (χ1) is 18.9. The molecule has 0 saturated heterocycles. The van der Waals surface area contributed by atoms with Crippen LogP contribution in [-0.4, -0.2) is 38.3 Å². The molecule has 11 heteroatoms. The molecule has 0 fully saturated rings. The van der Waals surface area contributed by atoms with Gasteiger partial charge in [0.15, 0.2) is 5.75 Å². The van der Waals surface area contributed by atoms with E-state index in [1.54, 1.807) is 41.7 Å². The zero-order valence-electron chi connectivity index (χ0n) is 21.5. The molecule has 5 rings (SSSR count). The number of aromatic hydroxyl groups is 1. The number of nitrogens with zero attached hydrogens (tertiary/aromatic N) is 4. The Morgan fingerprint density at radius 1 is 1.05 bits per heavy atom. The molecular weight excluding hydrogens is 502 g/mol. The second kappa shape index (κ2) is 11.2. The van der Waals surface area contributed by atoms with Gasteiger partial charge < -0.3 is 28.9 Å². The number of hydrogen-bond donors (Lipinski definition) is 2. The fourth-order valence-electron chi connectivity index (χ4n) is 4.16. The summed E-state index contributed by atoms with van der Waals surface area (Å²) in [6.07, 6.45) is 3.43. The van der Waals surface area contributed by atoms with E-state index in [9.17, 15) is 14.7 Å². The van der Waals surface area contributed by atoms with Crippen molar-refractivity contribution in [2.24, 2.45) is 0 Å². The number of pyridine rings is 1. The minimum absolute atomic E-state index is 0.188. The second-order valence-corrected chi connectivity index (χ2v) is 8.87.